The molecular weight excluding hydrogens is 451 g/mol. The molecule has 0 amide bonds. The number of esters is 1. The fourth-order valence-corrected chi connectivity index (χ4v) is 3.11. The number of halogens is 6. The van der Waals surface area contributed by atoms with Gasteiger partial charge in [0.25, 0.3) is 0 Å². The number of anilines is 1. The molecule has 1 unspecified atom stereocenters. The Kier molecular flexibility index (Phi) is 8.04. The third-order valence-electron chi connectivity index (χ3n) is 3.93. The largest absolute Gasteiger partial charge is 0.461 e. The van der Waals surface area contributed by atoms with Gasteiger partial charge in [-0.25, -0.2) is 9.78 Å². The molecule has 2 heterocycles. The second-order valence-corrected chi connectivity index (χ2v) is 6.73. The molecule has 0 aliphatic heterocycles. The van der Waals surface area contributed by atoms with E-state index in [1.54, 1.807) is 13.8 Å². The molecule has 0 saturated carbocycles. The molecule has 2 aromatic rings. The van der Waals surface area contributed by atoms with Crippen LogP contribution in [0, 0.1) is 0 Å². The number of nitrogens with zero attached hydrogens (tertiary/aromatic N) is 3. The number of aryl methyl sites for hydroxylation is 1. The Morgan fingerprint density at radius 1 is 1.32 bits per heavy atom. The smallest absolute Gasteiger partial charge is 0.391 e. The number of nitrogens with one attached hydrogen (secondary N) is 1. The van der Waals surface area contributed by atoms with Gasteiger partial charge in [-0.2, -0.15) is 27.1 Å². The van der Waals surface area contributed by atoms with Crippen LogP contribution in [0.2, 0.25) is 5.02 Å². The highest BCUT2D eigenvalue weighted by atomic mass is 35.5. The van der Waals surface area contributed by atoms with Crippen LogP contribution in [0.4, 0.5) is 27.8 Å². The lowest BCUT2D eigenvalue weighted by Crippen LogP contribution is -2.24. The molecule has 172 valence electrons. The molecule has 13 heteroatoms. The fourth-order valence-electron chi connectivity index (χ4n) is 2.79. The number of hydrogen-bond donors (Lipinski definition) is 1. The normalized spacial score (nSPS) is 12.7. The summed E-state index contributed by atoms with van der Waals surface area (Å²) in [6, 6.07) is -0.0419. The lowest BCUT2D eigenvalue weighted by molar-refractivity contribution is -0.136. The van der Waals surface area contributed by atoms with E-state index in [2.05, 4.69) is 20.1 Å². The zero-order chi connectivity index (χ0) is 23.3. The van der Waals surface area contributed by atoms with Crippen molar-refractivity contribution in [3.63, 3.8) is 0 Å². The Morgan fingerprint density at radius 2 is 2.00 bits per heavy atom. The molecule has 1 atom stereocenters. The van der Waals surface area contributed by atoms with Gasteiger partial charge in [0.1, 0.15) is 16.6 Å². The van der Waals surface area contributed by atoms with E-state index in [0.29, 0.717) is 0 Å². The van der Waals surface area contributed by atoms with E-state index < -0.39 is 37.0 Å². The highest BCUT2D eigenvalue weighted by molar-refractivity contribution is 6.36. The van der Waals surface area contributed by atoms with Crippen LogP contribution in [0.5, 0.6) is 5.75 Å². The van der Waals surface area contributed by atoms with Gasteiger partial charge in [0.2, 0.25) is 0 Å². The van der Waals surface area contributed by atoms with E-state index in [9.17, 15) is 26.7 Å². The Hall–Kier alpha value is -2.63. The summed E-state index contributed by atoms with van der Waals surface area (Å²) in [5, 5.41) is 6.38. The molecule has 1 N–H and O–H groups in total. The minimum absolute atomic E-state index is 0.0239. The zero-order valence-corrected chi connectivity index (χ0v) is 17.5. The molecule has 0 bridgehead atoms. The Balaban J connectivity index is 2.50. The average Bonchev–Trinajstić information content (AvgIpc) is 2.96. The molecule has 0 aliphatic rings. The molecule has 0 aliphatic carbocycles. The molecule has 0 saturated heterocycles. The minimum atomic E-state index is -4.42. The van der Waals surface area contributed by atoms with Crippen molar-refractivity contribution >= 4 is 23.4 Å². The van der Waals surface area contributed by atoms with Gasteiger partial charge in [0, 0.05) is 24.8 Å². The SMILES string of the molecule is CCOC(=O)c1nn(CC)c(-c2cnc(NC(C)CC(F)(F)F)cc2OC(F)F)c1Cl. The monoisotopic (exact) mass is 470 g/mol. The average molecular weight is 471 g/mol. The number of pyridine rings is 1. The number of carbonyl (C=O) groups excluding carboxylic acids is 1. The van der Waals surface area contributed by atoms with E-state index >= 15 is 0 Å². The van der Waals surface area contributed by atoms with Gasteiger partial charge in [-0.3, -0.25) is 4.68 Å². The summed E-state index contributed by atoms with van der Waals surface area (Å²) >= 11 is 6.28. The minimum Gasteiger partial charge on any atom is -0.461 e. The summed E-state index contributed by atoms with van der Waals surface area (Å²) in [5.74, 6) is -1.32. The van der Waals surface area contributed by atoms with Crippen molar-refractivity contribution in [3.05, 3.63) is 23.0 Å². The molecule has 0 aromatic carbocycles. The van der Waals surface area contributed by atoms with Crippen molar-refractivity contribution in [3.8, 4) is 17.0 Å². The predicted octanol–water partition coefficient (Wildman–Crippen LogP) is 5.15. The highest BCUT2D eigenvalue weighted by Gasteiger charge is 2.31. The van der Waals surface area contributed by atoms with Gasteiger partial charge < -0.3 is 14.8 Å². The zero-order valence-electron chi connectivity index (χ0n) is 16.8. The number of ether oxygens (including phenoxy) is 2. The summed E-state index contributed by atoms with van der Waals surface area (Å²) in [7, 11) is 0. The Morgan fingerprint density at radius 3 is 2.55 bits per heavy atom. The van der Waals surface area contributed by atoms with E-state index in [-0.39, 0.29) is 40.9 Å². The van der Waals surface area contributed by atoms with Crippen molar-refractivity contribution in [1.82, 2.24) is 14.8 Å². The van der Waals surface area contributed by atoms with E-state index in [4.69, 9.17) is 16.3 Å². The summed E-state index contributed by atoms with van der Waals surface area (Å²) < 4.78 is 74.4. The number of hydrogen-bond acceptors (Lipinski definition) is 6. The lowest BCUT2D eigenvalue weighted by atomic mass is 10.1. The Labute approximate surface area is 179 Å². The molecule has 2 rings (SSSR count). The standard InChI is InChI=1S/C18H20ClF5N4O3/c1-4-28-15(13(19)14(27-28)16(29)30-5-2)10-8-25-12(6-11(10)31-17(20)21)26-9(3)7-18(22,23)24/h6,8-9,17H,4-5,7H2,1-3H3,(H,25,26). The van der Waals surface area contributed by atoms with Crippen LogP contribution in [0.25, 0.3) is 11.3 Å². The molecule has 2 aromatic heterocycles. The molecule has 31 heavy (non-hydrogen) atoms. The van der Waals surface area contributed by atoms with Crippen molar-refractivity contribution in [2.75, 3.05) is 11.9 Å². The maximum absolute atomic E-state index is 13.0. The number of carbonyl (C=O) groups is 1. The van der Waals surface area contributed by atoms with Crippen LogP contribution < -0.4 is 10.1 Å². The van der Waals surface area contributed by atoms with Crippen LogP contribution in [0.3, 0.4) is 0 Å². The first-order valence-electron chi connectivity index (χ1n) is 9.18. The quantitative estimate of drug-likeness (QED) is 0.403. The van der Waals surface area contributed by atoms with E-state index in [1.165, 1.54) is 11.6 Å². The fraction of sp³-hybridized carbons (Fsp3) is 0.500. The summed E-state index contributed by atoms with van der Waals surface area (Å²) in [5.41, 5.74) is -0.168. The first-order chi connectivity index (χ1) is 14.5. The highest BCUT2D eigenvalue weighted by Crippen LogP contribution is 2.38. The Bertz CT molecular complexity index is 920. The molecular formula is C18H20ClF5N4O3. The third kappa shape index (κ3) is 6.42. The van der Waals surface area contributed by atoms with E-state index in [1.807, 2.05) is 0 Å². The maximum Gasteiger partial charge on any atom is 0.391 e. The van der Waals surface area contributed by atoms with Gasteiger partial charge >= 0.3 is 18.8 Å². The molecule has 0 fully saturated rings. The molecule has 0 radical (unpaired) electrons. The van der Waals surface area contributed by atoms with Gasteiger partial charge in [-0.15, -0.1) is 0 Å². The van der Waals surface area contributed by atoms with Crippen molar-refractivity contribution in [1.29, 1.82) is 0 Å². The summed E-state index contributed by atoms with van der Waals surface area (Å²) in [4.78, 5) is 16.1. The number of aromatic nitrogens is 3. The second kappa shape index (κ2) is 10.1. The predicted molar refractivity (Wildman–Crippen MR) is 102 cm³/mol. The van der Waals surface area contributed by atoms with Crippen LogP contribution in [-0.4, -0.2) is 46.2 Å². The van der Waals surface area contributed by atoms with Gasteiger partial charge in [-0.05, 0) is 20.8 Å². The van der Waals surface area contributed by atoms with Gasteiger partial charge in [0.05, 0.1) is 24.3 Å². The van der Waals surface area contributed by atoms with Crippen molar-refractivity contribution < 1.29 is 36.2 Å². The number of alkyl halides is 5. The summed E-state index contributed by atoms with van der Waals surface area (Å²) in [6.07, 6.45) is -4.47. The second-order valence-electron chi connectivity index (χ2n) is 6.36. The van der Waals surface area contributed by atoms with Crippen molar-refractivity contribution in [2.45, 2.75) is 52.6 Å². The lowest BCUT2D eigenvalue weighted by Gasteiger charge is -2.18. The van der Waals surface area contributed by atoms with Gasteiger partial charge in [-0.1, -0.05) is 11.6 Å². The first-order valence-corrected chi connectivity index (χ1v) is 9.56. The topological polar surface area (TPSA) is 78.3 Å². The molecule has 0 spiro atoms. The van der Waals surface area contributed by atoms with Crippen LogP contribution >= 0.6 is 11.6 Å². The van der Waals surface area contributed by atoms with Gasteiger partial charge in [0.15, 0.2) is 5.69 Å². The molecule has 7 nitrogen and oxygen atoms in total. The van der Waals surface area contributed by atoms with Crippen LogP contribution in [0.1, 0.15) is 37.7 Å². The van der Waals surface area contributed by atoms with Crippen LogP contribution in [0.15, 0.2) is 12.3 Å². The maximum atomic E-state index is 13.0. The number of rotatable bonds is 9. The van der Waals surface area contributed by atoms with Crippen LogP contribution in [-0.2, 0) is 11.3 Å². The van der Waals surface area contributed by atoms with E-state index in [0.717, 1.165) is 12.3 Å². The first kappa shape index (κ1) is 24.6. The van der Waals surface area contributed by atoms with Crippen molar-refractivity contribution in [2.24, 2.45) is 0 Å². The third-order valence-corrected chi connectivity index (χ3v) is 4.29. The summed E-state index contributed by atoms with van der Waals surface area (Å²) in [6.45, 7) is 1.59.